The zero-order chi connectivity index (χ0) is 12.3. The van der Waals surface area contributed by atoms with Gasteiger partial charge in [-0.25, -0.2) is 4.79 Å². The first-order valence-electron chi connectivity index (χ1n) is 5.21. The molecule has 0 aliphatic heterocycles. The summed E-state index contributed by atoms with van der Waals surface area (Å²) in [7, 11) is 0. The van der Waals surface area contributed by atoms with E-state index in [1.807, 2.05) is 12.2 Å². The number of carboxylic acids is 1. The number of hydrogen-bond donors (Lipinski definition) is 2. The highest BCUT2D eigenvalue weighted by molar-refractivity contribution is 5.88. The molecular formula is C10H15F2NO3. The zero-order valence-electron chi connectivity index (χ0n) is 9.00. The molecule has 0 heterocycles. The Kier molecular flexibility index (Phi) is 3.83. The van der Waals surface area contributed by atoms with Gasteiger partial charge < -0.3 is 10.4 Å². The molecule has 2 atom stereocenters. The van der Waals surface area contributed by atoms with E-state index in [0.29, 0.717) is 6.42 Å². The molecule has 0 spiro atoms. The number of amides is 1. The van der Waals surface area contributed by atoms with Gasteiger partial charge >= 0.3 is 12.4 Å². The van der Waals surface area contributed by atoms with E-state index in [4.69, 9.17) is 5.11 Å². The van der Waals surface area contributed by atoms with Gasteiger partial charge in [0.2, 0.25) is 0 Å². The van der Waals surface area contributed by atoms with Crippen molar-refractivity contribution in [1.82, 2.24) is 5.32 Å². The second-order valence-electron chi connectivity index (χ2n) is 4.38. The van der Waals surface area contributed by atoms with Crippen LogP contribution in [-0.2, 0) is 9.59 Å². The molecule has 16 heavy (non-hydrogen) atoms. The second kappa shape index (κ2) is 4.76. The Hall–Kier alpha value is -1.20. The Morgan fingerprint density at radius 3 is 2.56 bits per heavy atom. The summed E-state index contributed by atoms with van der Waals surface area (Å²) in [5.74, 6) is -2.62. The van der Waals surface area contributed by atoms with Gasteiger partial charge in [-0.05, 0) is 18.8 Å². The summed E-state index contributed by atoms with van der Waals surface area (Å²) >= 11 is 0. The highest BCUT2D eigenvalue weighted by Gasteiger charge is 2.44. The average molecular weight is 235 g/mol. The number of carboxylic acid groups (broad SMARTS) is 1. The third kappa shape index (κ3) is 2.68. The number of aliphatic carboxylic acids is 1. The third-order valence-electron chi connectivity index (χ3n) is 2.97. The van der Waals surface area contributed by atoms with E-state index in [-0.39, 0.29) is 18.8 Å². The number of carbonyl (C=O) groups is 2. The maximum atomic E-state index is 12.1. The summed E-state index contributed by atoms with van der Waals surface area (Å²) in [4.78, 5) is 22.0. The van der Waals surface area contributed by atoms with Crippen molar-refractivity contribution >= 4 is 11.9 Å². The van der Waals surface area contributed by atoms with Crippen molar-refractivity contribution < 1.29 is 23.5 Å². The summed E-state index contributed by atoms with van der Waals surface area (Å²) in [5.41, 5.74) is -1.51. The van der Waals surface area contributed by atoms with Crippen molar-refractivity contribution in [3.63, 3.8) is 0 Å². The molecule has 0 bridgehead atoms. The monoisotopic (exact) mass is 235 g/mol. The van der Waals surface area contributed by atoms with Crippen LogP contribution in [0.5, 0.6) is 0 Å². The Bertz CT molecular complexity index is 294. The van der Waals surface area contributed by atoms with Gasteiger partial charge in [0.1, 0.15) is 5.54 Å². The fourth-order valence-corrected chi connectivity index (χ4v) is 2.20. The van der Waals surface area contributed by atoms with Gasteiger partial charge in [0.05, 0.1) is 0 Å². The Morgan fingerprint density at radius 1 is 1.50 bits per heavy atom. The maximum absolute atomic E-state index is 12.1. The highest BCUT2D eigenvalue weighted by Crippen LogP contribution is 2.32. The predicted molar refractivity (Wildman–Crippen MR) is 52.1 cm³/mol. The van der Waals surface area contributed by atoms with E-state index in [2.05, 4.69) is 0 Å². The molecule has 0 aromatic heterocycles. The number of halogens is 2. The van der Waals surface area contributed by atoms with Crippen LogP contribution in [-0.4, -0.2) is 28.9 Å². The van der Waals surface area contributed by atoms with Crippen LogP contribution >= 0.6 is 0 Å². The standard InChI is InChI=1S/C10H15F2NO3/c1-6-3-2-4-10(5-6,9(15)16)13-8(14)7(11)12/h6-7H,2-5H2,1H3,(H,13,14)(H,15,16). The lowest BCUT2D eigenvalue weighted by molar-refractivity contribution is -0.152. The second-order valence-corrected chi connectivity index (χ2v) is 4.38. The maximum Gasteiger partial charge on any atom is 0.329 e. The first-order chi connectivity index (χ1) is 7.37. The van der Waals surface area contributed by atoms with Gasteiger partial charge in [0, 0.05) is 0 Å². The van der Waals surface area contributed by atoms with E-state index in [1.165, 1.54) is 0 Å². The molecule has 1 aliphatic carbocycles. The molecular weight excluding hydrogens is 220 g/mol. The fraction of sp³-hybridized carbons (Fsp3) is 0.800. The lowest BCUT2D eigenvalue weighted by Crippen LogP contribution is -2.58. The van der Waals surface area contributed by atoms with Gasteiger partial charge in [-0.15, -0.1) is 0 Å². The largest absolute Gasteiger partial charge is 0.480 e. The van der Waals surface area contributed by atoms with Gasteiger partial charge in [0.15, 0.2) is 0 Å². The number of alkyl halides is 2. The summed E-state index contributed by atoms with van der Waals surface area (Å²) < 4.78 is 24.2. The van der Waals surface area contributed by atoms with Crippen molar-refractivity contribution in [2.45, 2.75) is 44.6 Å². The SMILES string of the molecule is CC1CCCC(NC(=O)C(F)F)(C(=O)O)C1. The van der Waals surface area contributed by atoms with Crippen LogP contribution < -0.4 is 5.32 Å². The third-order valence-corrected chi connectivity index (χ3v) is 2.97. The van der Waals surface area contributed by atoms with Crippen molar-refractivity contribution in [1.29, 1.82) is 0 Å². The van der Waals surface area contributed by atoms with Crippen molar-refractivity contribution in [3.8, 4) is 0 Å². The van der Waals surface area contributed by atoms with Gasteiger partial charge in [-0.1, -0.05) is 19.8 Å². The Labute approximate surface area is 92.0 Å². The number of hydrogen-bond acceptors (Lipinski definition) is 2. The van der Waals surface area contributed by atoms with Crippen LogP contribution in [0.25, 0.3) is 0 Å². The molecule has 1 aliphatic rings. The zero-order valence-corrected chi connectivity index (χ0v) is 9.00. The molecule has 1 amide bonds. The van der Waals surface area contributed by atoms with Crippen LogP contribution in [0.2, 0.25) is 0 Å². The lowest BCUT2D eigenvalue weighted by atomic mass is 9.76. The van der Waals surface area contributed by atoms with E-state index >= 15 is 0 Å². The fourth-order valence-electron chi connectivity index (χ4n) is 2.20. The Balaban J connectivity index is 2.80. The molecule has 92 valence electrons. The smallest absolute Gasteiger partial charge is 0.329 e. The molecule has 1 fully saturated rings. The molecule has 2 N–H and O–H groups in total. The molecule has 4 nitrogen and oxygen atoms in total. The first-order valence-corrected chi connectivity index (χ1v) is 5.21. The summed E-state index contributed by atoms with van der Waals surface area (Å²) in [5, 5.41) is 11.1. The van der Waals surface area contributed by atoms with E-state index in [9.17, 15) is 18.4 Å². The number of carbonyl (C=O) groups excluding carboxylic acids is 1. The van der Waals surface area contributed by atoms with E-state index in [1.54, 1.807) is 0 Å². The van der Waals surface area contributed by atoms with Gasteiger partial charge in [0.25, 0.3) is 5.91 Å². The van der Waals surface area contributed by atoms with Crippen LogP contribution in [0, 0.1) is 5.92 Å². The molecule has 0 saturated heterocycles. The number of nitrogens with one attached hydrogen (secondary N) is 1. The molecule has 1 saturated carbocycles. The molecule has 0 radical (unpaired) electrons. The first kappa shape index (κ1) is 12.9. The Morgan fingerprint density at radius 2 is 2.12 bits per heavy atom. The lowest BCUT2D eigenvalue weighted by Gasteiger charge is -2.36. The minimum Gasteiger partial charge on any atom is -0.480 e. The minimum absolute atomic E-state index is 0.114. The van der Waals surface area contributed by atoms with Crippen LogP contribution in [0.1, 0.15) is 32.6 Å². The molecule has 2 unspecified atom stereocenters. The van der Waals surface area contributed by atoms with Crippen molar-refractivity contribution in [2.75, 3.05) is 0 Å². The van der Waals surface area contributed by atoms with Crippen LogP contribution in [0.4, 0.5) is 8.78 Å². The number of rotatable bonds is 3. The van der Waals surface area contributed by atoms with Crippen molar-refractivity contribution in [3.05, 3.63) is 0 Å². The van der Waals surface area contributed by atoms with Crippen LogP contribution in [0.15, 0.2) is 0 Å². The molecule has 0 aromatic carbocycles. The molecule has 6 heteroatoms. The average Bonchev–Trinajstić information content (AvgIpc) is 2.17. The minimum atomic E-state index is -3.17. The summed E-state index contributed by atoms with van der Waals surface area (Å²) in [6, 6.07) is 0. The molecule has 1 rings (SSSR count). The normalized spacial score (nSPS) is 30.1. The van der Waals surface area contributed by atoms with Gasteiger partial charge in [-0.3, -0.25) is 4.79 Å². The van der Waals surface area contributed by atoms with E-state index in [0.717, 1.165) is 6.42 Å². The highest BCUT2D eigenvalue weighted by atomic mass is 19.3. The van der Waals surface area contributed by atoms with Gasteiger partial charge in [-0.2, -0.15) is 8.78 Å². The summed E-state index contributed by atoms with van der Waals surface area (Å²) in [6.45, 7) is 1.85. The van der Waals surface area contributed by atoms with Crippen molar-refractivity contribution in [2.24, 2.45) is 5.92 Å². The van der Waals surface area contributed by atoms with Crippen LogP contribution in [0.3, 0.4) is 0 Å². The quantitative estimate of drug-likeness (QED) is 0.777. The predicted octanol–water partition coefficient (Wildman–Crippen LogP) is 1.40. The topological polar surface area (TPSA) is 66.4 Å². The van der Waals surface area contributed by atoms with E-state index < -0.39 is 23.8 Å². The molecule has 0 aromatic rings. The summed E-state index contributed by atoms with van der Waals surface area (Å²) in [6.07, 6.45) is -1.27.